The maximum Gasteiger partial charge on any atom is 0.301 e. The first kappa shape index (κ1) is 18.9. The van der Waals surface area contributed by atoms with Gasteiger partial charge in [0.15, 0.2) is 5.82 Å². The largest absolute Gasteiger partial charge is 0.508 e. The maximum absolute atomic E-state index is 12.9. The van der Waals surface area contributed by atoms with Gasteiger partial charge in [-0.3, -0.25) is 14.5 Å². The third-order valence-electron chi connectivity index (χ3n) is 4.63. The molecule has 0 radical (unpaired) electrons. The molecule has 0 saturated carbocycles. The van der Waals surface area contributed by atoms with Crippen LogP contribution in [0.2, 0.25) is 0 Å². The molecule has 0 aliphatic carbocycles. The SMILES string of the molecule is Cc1cc(N2C(=O)C(=O)/C(=C(/O)c3ccc(Br)cc3)[C@@H]2c2ccc(O)cc2)no1. The minimum Gasteiger partial charge on any atom is -0.508 e. The van der Waals surface area contributed by atoms with Crippen molar-refractivity contribution in [1.29, 1.82) is 0 Å². The number of aliphatic hydroxyl groups is 1. The lowest BCUT2D eigenvalue weighted by molar-refractivity contribution is -0.132. The Morgan fingerprint density at radius 3 is 2.34 bits per heavy atom. The minimum absolute atomic E-state index is 0.0379. The summed E-state index contributed by atoms with van der Waals surface area (Å²) in [5.41, 5.74) is 0.858. The van der Waals surface area contributed by atoms with Crippen LogP contribution in [-0.4, -0.2) is 27.1 Å². The van der Waals surface area contributed by atoms with E-state index in [1.807, 2.05) is 0 Å². The molecule has 0 unspecified atom stereocenters. The smallest absolute Gasteiger partial charge is 0.301 e. The van der Waals surface area contributed by atoms with Crippen LogP contribution in [0.3, 0.4) is 0 Å². The van der Waals surface area contributed by atoms with Gasteiger partial charge < -0.3 is 14.7 Å². The Balaban J connectivity index is 1.93. The minimum atomic E-state index is -0.927. The Kier molecular flexibility index (Phi) is 4.71. The number of nitrogens with zero attached hydrogens (tertiary/aromatic N) is 2. The summed E-state index contributed by atoms with van der Waals surface area (Å²) in [5, 5.41) is 24.4. The summed E-state index contributed by atoms with van der Waals surface area (Å²) >= 11 is 3.33. The van der Waals surface area contributed by atoms with Crippen LogP contribution < -0.4 is 4.90 Å². The lowest BCUT2D eigenvalue weighted by Crippen LogP contribution is -2.29. The number of phenolic OH excluding ortho intramolecular Hbond substituents is 1. The van der Waals surface area contributed by atoms with Crippen LogP contribution in [0.25, 0.3) is 5.76 Å². The van der Waals surface area contributed by atoms with Gasteiger partial charge >= 0.3 is 5.91 Å². The van der Waals surface area contributed by atoms with Crippen LogP contribution in [0.15, 0.2) is 69.2 Å². The summed E-state index contributed by atoms with van der Waals surface area (Å²) in [6.07, 6.45) is 0. The molecule has 1 amide bonds. The number of hydrogen-bond acceptors (Lipinski definition) is 6. The fourth-order valence-corrected chi connectivity index (χ4v) is 3.54. The fourth-order valence-electron chi connectivity index (χ4n) is 3.27. The van der Waals surface area contributed by atoms with Crippen LogP contribution in [0.1, 0.15) is 22.9 Å². The van der Waals surface area contributed by atoms with Crippen LogP contribution >= 0.6 is 15.9 Å². The Bertz CT molecular complexity index is 1130. The highest BCUT2D eigenvalue weighted by atomic mass is 79.9. The molecule has 0 bridgehead atoms. The molecular formula is C21H15BrN2O5. The summed E-state index contributed by atoms with van der Waals surface area (Å²) in [4.78, 5) is 27.0. The number of aromatic nitrogens is 1. The van der Waals surface area contributed by atoms with Crippen LogP contribution in [0.5, 0.6) is 5.75 Å². The van der Waals surface area contributed by atoms with Gasteiger partial charge in [-0.2, -0.15) is 0 Å². The van der Waals surface area contributed by atoms with Gasteiger partial charge in [0.1, 0.15) is 17.3 Å². The monoisotopic (exact) mass is 454 g/mol. The number of halogens is 1. The number of amides is 1. The molecule has 1 saturated heterocycles. The van der Waals surface area contributed by atoms with Crippen LogP contribution in [-0.2, 0) is 9.59 Å². The van der Waals surface area contributed by atoms with E-state index < -0.39 is 17.7 Å². The predicted octanol–water partition coefficient (Wildman–Crippen LogP) is 4.08. The summed E-state index contributed by atoms with van der Waals surface area (Å²) in [7, 11) is 0. The van der Waals surface area contributed by atoms with Crippen molar-refractivity contribution in [3.63, 3.8) is 0 Å². The number of aryl methyl sites for hydroxylation is 1. The van der Waals surface area contributed by atoms with E-state index in [1.165, 1.54) is 23.1 Å². The van der Waals surface area contributed by atoms with Gasteiger partial charge in [-0.15, -0.1) is 0 Å². The number of phenols is 1. The Labute approximate surface area is 174 Å². The topological polar surface area (TPSA) is 104 Å². The van der Waals surface area contributed by atoms with E-state index >= 15 is 0 Å². The number of rotatable bonds is 3. The van der Waals surface area contributed by atoms with Crippen molar-refractivity contribution in [2.24, 2.45) is 0 Å². The van der Waals surface area contributed by atoms with Crippen molar-refractivity contribution in [1.82, 2.24) is 5.16 Å². The number of ketones is 1. The summed E-state index contributed by atoms with van der Waals surface area (Å²) < 4.78 is 5.89. The molecule has 1 aromatic heterocycles. The number of aliphatic hydroxyl groups excluding tert-OH is 1. The molecule has 3 aromatic rings. The number of carbonyl (C=O) groups is 2. The van der Waals surface area contributed by atoms with Gasteiger partial charge in [0.2, 0.25) is 0 Å². The van der Waals surface area contributed by atoms with Gasteiger partial charge in [-0.1, -0.05) is 45.4 Å². The van der Waals surface area contributed by atoms with Crippen molar-refractivity contribution in [2.75, 3.05) is 4.90 Å². The first-order valence-corrected chi connectivity index (χ1v) is 9.45. The molecule has 2 heterocycles. The van der Waals surface area contributed by atoms with Gasteiger partial charge in [0, 0.05) is 16.1 Å². The third kappa shape index (κ3) is 3.31. The average molecular weight is 455 g/mol. The molecule has 146 valence electrons. The standard InChI is InChI=1S/C21H15BrN2O5/c1-11-10-16(23-29-11)24-18(12-4-8-15(25)9-5-12)17(20(27)21(24)28)19(26)13-2-6-14(22)7-3-13/h2-10,18,25-26H,1H3/b19-17+/t18-/m0/s1. The highest BCUT2D eigenvalue weighted by Gasteiger charge is 2.48. The third-order valence-corrected chi connectivity index (χ3v) is 5.16. The molecule has 1 aliphatic rings. The second kappa shape index (κ2) is 7.21. The number of hydrogen-bond donors (Lipinski definition) is 2. The normalized spacial score (nSPS) is 18.4. The molecule has 2 N–H and O–H groups in total. The molecule has 4 rings (SSSR count). The second-order valence-electron chi connectivity index (χ2n) is 6.56. The molecular weight excluding hydrogens is 440 g/mol. The van der Waals surface area contributed by atoms with E-state index in [9.17, 15) is 19.8 Å². The van der Waals surface area contributed by atoms with E-state index in [0.717, 1.165) is 4.47 Å². The molecule has 29 heavy (non-hydrogen) atoms. The Morgan fingerprint density at radius 2 is 1.76 bits per heavy atom. The molecule has 8 heteroatoms. The predicted molar refractivity (Wildman–Crippen MR) is 108 cm³/mol. The second-order valence-corrected chi connectivity index (χ2v) is 7.48. The van der Waals surface area contributed by atoms with Crippen LogP contribution in [0.4, 0.5) is 5.82 Å². The van der Waals surface area contributed by atoms with E-state index in [-0.39, 0.29) is 22.9 Å². The van der Waals surface area contributed by atoms with Gasteiger partial charge in [0.25, 0.3) is 5.78 Å². The zero-order valence-corrected chi connectivity index (χ0v) is 16.8. The lowest BCUT2D eigenvalue weighted by atomic mass is 9.95. The van der Waals surface area contributed by atoms with Gasteiger partial charge in [0.05, 0.1) is 11.6 Å². The first-order chi connectivity index (χ1) is 13.9. The lowest BCUT2D eigenvalue weighted by Gasteiger charge is -2.22. The number of anilines is 1. The van der Waals surface area contributed by atoms with E-state index in [0.29, 0.717) is 16.9 Å². The first-order valence-electron chi connectivity index (χ1n) is 8.66. The van der Waals surface area contributed by atoms with Crippen molar-refractivity contribution in [2.45, 2.75) is 13.0 Å². The molecule has 7 nitrogen and oxygen atoms in total. The Morgan fingerprint density at radius 1 is 1.10 bits per heavy atom. The zero-order chi connectivity index (χ0) is 20.7. The molecule has 0 spiro atoms. The van der Waals surface area contributed by atoms with Gasteiger partial charge in [-0.25, -0.2) is 0 Å². The molecule has 1 atom stereocenters. The Hall–Kier alpha value is -3.39. The number of aromatic hydroxyl groups is 1. The molecule has 1 fully saturated rings. The van der Waals surface area contributed by atoms with Crippen molar-refractivity contribution in [3.05, 3.63) is 81.5 Å². The zero-order valence-electron chi connectivity index (χ0n) is 15.2. The average Bonchev–Trinajstić information content (AvgIpc) is 3.24. The maximum atomic E-state index is 12.9. The number of Topliss-reactive ketones (excluding diaryl/α,β-unsaturated/α-hetero) is 1. The number of carbonyl (C=O) groups excluding carboxylic acids is 2. The van der Waals surface area contributed by atoms with E-state index in [1.54, 1.807) is 43.3 Å². The summed E-state index contributed by atoms with van der Waals surface area (Å²) in [6, 6.07) is 13.4. The van der Waals surface area contributed by atoms with E-state index in [4.69, 9.17) is 4.52 Å². The number of benzene rings is 2. The van der Waals surface area contributed by atoms with Crippen molar-refractivity contribution in [3.8, 4) is 5.75 Å². The highest BCUT2D eigenvalue weighted by Crippen LogP contribution is 2.42. The highest BCUT2D eigenvalue weighted by molar-refractivity contribution is 9.10. The van der Waals surface area contributed by atoms with Gasteiger partial charge in [-0.05, 0) is 36.8 Å². The summed E-state index contributed by atoms with van der Waals surface area (Å²) in [6.45, 7) is 1.67. The summed E-state index contributed by atoms with van der Waals surface area (Å²) in [5.74, 6) is -1.27. The van der Waals surface area contributed by atoms with Crippen LogP contribution in [0, 0.1) is 6.92 Å². The molecule has 2 aromatic carbocycles. The van der Waals surface area contributed by atoms with Crippen molar-refractivity contribution >= 4 is 39.2 Å². The van der Waals surface area contributed by atoms with E-state index in [2.05, 4.69) is 21.1 Å². The quantitative estimate of drug-likeness (QED) is 0.351. The fraction of sp³-hybridized carbons (Fsp3) is 0.0952. The molecule has 1 aliphatic heterocycles. The van der Waals surface area contributed by atoms with Crippen molar-refractivity contribution < 1.29 is 24.3 Å².